The van der Waals surface area contributed by atoms with Gasteiger partial charge in [-0.05, 0) is 47.5 Å². The Morgan fingerprint density at radius 3 is 2.53 bits per heavy atom. The standard InChI is InChI=1S/C15H26O2/c1-14(2)6-4-7-15(3)11(10-17)9-13(14)12(15)5-8-16/h9,12-13,16-17H,4-8,10H2,1-3H3/t12-,13?,15?/m0/s1. The molecule has 2 N–H and O–H groups in total. The SMILES string of the molecule is CC1(C)CCCC2(C)C(CO)=CC1[C@@H]2CCO. The highest BCUT2D eigenvalue weighted by molar-refractivity contribution is 5.27. The average molecular weight is 238 g/mol. The molecule has 0 aliphatic heterocycles. The fraction of sp³-hybridized carbons (Fsp3) is 0.867. The Hall–Kier alpha value is -0.340. The number of hydrogen-bond acceptors (Lipinski definition) is 2. The molecule has 2 heteroatoms. The summed E-state index contributed by atoms with van der Waals surface area (Å²) in [6.45, 7) is 7.41. The highest BCUT2D eigenvalue weighted by Crippen LogP contribution is 2.59. The fourth-order valence-electron chi connectivity index (χ4n) is 4.22. The molecule has 1 saturated carbocycles. The summed E-state index contributed by atoms with van der Waals surface area (Å²) >= 11 is 0. The maximum absolute atomic E-state index is 9.60. The predicted molar refractivity (Wildman–Crippen MR) is 69.6 cm³/mol. The van der Waals surface area contributed by atoms with E-state index in [1.165, 1.54) is 18.4 Å². The molecule has 2 bridgehead atoms. The summed E-state index contributed by atoms with van der Waals surface area (Å²) in [5, 5.41) is 18.9. The number of aliphatic hydroxyl groups is 2. The summed E-state index contributed by atoms with van der Waals surface area (Å²) < 4.78 is 0. The lowest BCUT2D eigenvalue weighted by Gasteiger charge is -2.38. The zero-order valence-corrected chi connectivity index (χ0v) is 11.4. The molecule has 0 aromatic carbocycles. The maximum atomic E-state index is 9.60. The van der Waals surface area contributed by atoms with Crippen LogP contribution in [0, 0.1) is 22.7 Å². The molecule has 0 heterocycles. The smallest absolute Gasteiger partial charge is 0.0647 e. The van der Waals surface area contributed by atoms with Crippen LogP contribution in [-0.4, -0.2) is 23.4 Å². The van der Waals surface area contributed by atoms with Crippen LogP contribution in [0.25, 0.3) is 0 Å². The van der Waals surface area contributed by atoms with E-state index in [-0.39, 0.29) is 18.6 Å². The number of rotatable bonds is 3. The quantitative estimate of drug-likeness (QED) is 0.742. The van der Waals surface area contributed by atoms with Gasteiger partial charge in [-0.15, -0.1) is 0 Å². The normalized spacial score (nSPS) is 39.9. The van der Waals surface area contributed by atoms with Gasteiger partial charge >= 0.3 is 0 Å². The lowest BCUT2D eigenvalue weighted by Crippen LogP contribution is -2.33. The molecule has 2 unspecified atom stereocenters. The minimum atomic E-state index is 0.121. The maximum Gasteiger partial charge on any atom is 0.0647 e. The highest BCUT2D eigenvalue weighted by Gasteiger charge is 2.51. The summed E-state index contributed by atoms with van der Waals surface area (Å²) in [6, 6.07) is 0. The Morgan fingerprint density at radius 1 is 1.24 bits per heavy atom. The van der Waals surface area contributed by atoms with Gasteiger partial charge in [-0.2, -0.15) is 0 Å². The Kier molecular flexibility index (Phi) is 3.39. The van der Waals surface area contributed by atoms with Crippen molar-refractivity contribution in [3.8, 4) is 0 Å². The van der Waals surface area contributed by atoms with Gasteiger partial charge in [-0.25, -0.2) is 0 Å². The summed E-state index contributed by atoms with van der Waals surface area (Å²) in [7, 11) is 0. The van der Waals surface area contributed by atoms with Crippen LogP contribution in [0.5, 0.6) is 0 Å². The van der Waals surface area contributed by atoms with Gasteiger partial charge in [0, 0.05) is 6.61 Å². The first-order chi connectivity index (χ1) is 7.95. The van der Waals surface area contributed by atoms with E-state index in [4.69, 9.17) is 0 Å². The van der Waals surface area contributed by atoms with Gasteiger partial charge in [0.05, 0.1) is 6.61 Å². The van der Waals surface area contributed by atoms with E-state index < -0.39 is 0 Å². The fourth-order valence-corrected chi connectivity index (χ4v) is 4.22. The van der Waals surface area contributed by atoms with E-state index in [2.05, 4.69) is 26.8 Å². The molecule has 98 valence electrons. The topological polar surface area (TPSA) is 40.5 Å². The second-order valence-electron chi connectivity index (χ2n) is 6.75. The molecule has 0 spiro atoms. The van der Waals surface area contributed by atoms with E-state index in [1.54, 1.807) is 0 Å². The molecule has 2 aliphatic carbocycles. The Morgan fingerprint density at radius 2 is 1.94 bits per heavy atom. The molecule has 2 nitrogen and oxygen atoms in total. The largest absolute Gasteiger partial charge is 0.396 e. The first-order valence-electron chi connectivity index (χ1n) is 6.88. The van der Waals surface area contributed by atoms with Gasteiger partial charge in [-0.1, -0.05) is 33.3 Å². The molecule has 0 aromatic rings. The van der Waals surface area contributed by atoms with Crippen LogP contribution in [0.4, 0.5) is 0 Å². The van der Waals surface area contributed by atoms with Gasteiger partial charge in [-0.3, -0.25) is 0 Å². The van der Waals surface area contributed by atoms with Crippen LogP contribution >= 0.6 is 0 Å². The van der Waals surface area contributed by atoms with Crippen molar-refractivity contribution in [2.75, 3.05) is 13.2 Å². The molecule has 0 saturated heterocycles. The van der Waals surface area contributed by atoms with E-state index >= 15 is 0 Å². The second-order valence-corrected chi connectivity index (χ2v) is 6.75. The summed E-state index contributed by atoms with van der Waals surface area (Å²) in [5.74, 6) is 1.02. The summed E-state index contributed by atoms with van der Waals surface area (Å²) in [5.41, 5.74) is 1.64. The molecule has 3 atom stereocenters. The van der Waals surface area contributed by atoms with Crippen molar-refractivity contribution in [3.05, 3.63) is 11.6 Å². The lowest BCUT2D eigenvalue weighted by molar-refractivity contribution is 0.106. The van der Waals surface area contributed by atoms with E-state index in [0.717, 1.165) is 12.8 Å². The van der Waals surface area contributed by atoms with Crippen molar-refractivity contribution in [2.45, 2.75) is 46.5 Å². The van der Waals surface area contributed by atoms with Crippen LogP contribution in [-0.2, 0) is 0 Å². The first kappa shape index (κ1) is 13.1. The van der Waals surface area contributed by atoms with Gasteiger partial charge in [0.25, 0.3) is 0 Å². The third-order valence-corrected chi connectivity index (χ3v) is 5.40. The van der Waals surface area contributed by atoms with Crippen molar-refractivity contribution in [1.82, 2.24) is 0 Å². The highest BCUT2D eigenvalue weighted by atomic mass is 16.3. The minimum Gasteiger partial charge on any atom is -0.396 e. The third kappa shape index (κ3) is 1.96. The van der Waals surface area contributed by atoms with E-state index in [0.29, 0.717) is 17.3 Å². The minimum absolute atomic E-state index is 0.121. The number of aliphatic hydroxyl groups excluding tert-OH is 2. The summed E-state index contributed by atoms with van der Waals surface area (Å²) in [4.78, 5) is 0. The van der Waals surface area contributed by atoms with Crippen molar-refractivity contribution in [1.29, 1.82) is 0 Å². The molecule has 2 aliphatic rings. The molecular formula is C15H26O2. The molecule has 0 aromatic heterocycles. The van der Waals surface area contributed by atoms with Crippen molar-refractivity contribution < 1.29 is 10.2 Å². The van der Waals surface area contributed by atoms with Gasteiger partial charge in [0.2, 0.25) is 0 Å². The molecule has 0 radical (unpaired) electrons. The predicted octanol–water partition coefficient (Wildman–Crippen LogP) is 2.75. The van der Waals surface area contributed by atoms with Crippen molar-refractivity contribution in [3.63, 3.8) is 0 Å². The number of hydrogen-bond donors (Lipinski definition) is 2. The summed E-state index contributed by atoms with van der Waals surface area (Å²) in [6.07, 6.45) is 6.83. The monoisotopic (exact) mass is 238 g/mol. The first-order valence-corrected chi connectivity index (χ1v) is 6.88. The Bertz CT molecular complexity index is 319. The van der Waals surface area contributed by atoms with Crippen molar-refractivity contribution in [2.24, 2.45) is 22.7 Å². The van der Waals surface area contributed by atoms with Gasteiger partial charge in [0.15, 0.2) is 0 Å². The van der Waals surface area contributed by atoms with Gasteiger partial charge < -0.3 is 10.2 Å². The Labute approximate surface area is 105 Å². The third-order valence-electron chi connectivity index (χ3n) is 5.40. The number of fused-ring (bicyclic) bond motifs is 2. The molecular weight excluding hydrogens is 212 g/mol. The zero-order valence-electron chi connectivity index (χ0n) is 11.4. The molecule has 0 amide bonds. The van der Waals surface area contributed by atoms with Crippen LogP contribution in [0.15, 0.2) is 11.6 Å². The average Bonchev–Trinajstić information content (AvgIpc) is 2.48. The van der Waals surface area contributed by atoms with Crippen molar-refractivity contribution >= 4 is 0 Å². The van der Waals surface area contributed by atoms with Crippen LogP contribution in [0.3, 0.4) is 0 Å². The van der Waals surface area contributed by atoms with E-state index in [1.807, 2.05) is 0 Å². The van der Waals surface area contributed by atoms with Crippen LogP contribution in [0.2, 0.25) is 0 Å². The van der Waals surface area contributed by atoms with Gasteiger partial charge in [0.1, 0.15) is 0 Å². The zero-order chi connectivity index (χ0) is 12.7. The second kappa shape index (κ2) is 4.40. The van der Waals surface area contributed by atoms with E-state index in [9.17, 15) is 10.2 Å². The molecule has 17 heavy (non-hydrogen) atoms. The Balaban J connectivity index is 2.40. The number of allylic oxidation sites excluding steroid dienone is 1. The molecule has 2 rings (SSSR count). The van der Waals surface area contributed by atoms with Crippen LogP contribution < -0.4 is 0 Å². The lowest BCUT2D eigenvalue weighted by atomic mass is 9.66. The molecule has 1 fully saturated rings. The van der Waals surface area contributed by atoms with Crippen LogP contribution in [0.1, 0.15) is 46.5 Å².